The summed E-state index contributed by atoms with van der Waals surface area (Å²) in [4.78, 5) is 13.1. The van der Waals surface area contributed by atoms with Crippen LogP contribution in [-0.4, -0.2) is 19.1 Å². The van der Waals surface area contributed by atoms with Crippen LogP contribution >= 0.6 is 11.3 Å². The van der Waals surface area contributed by atoms with Gasteiger partial charge in [0.05, 0.1) is 12.7 Å². The molecule has 0 saturated carbocycles. The lowest BCUT2D eigenvalue weighted by Gasteiger charge is -2.14. The SMILES string of the molecule is COC(=O)c1ccccc1CNC(C)Cc1cccs1. The van der Waals surface area contributed by atoms with Crippen molar-refractivity contribution >= 4 is 17.3 Å². The minimum absolute atomic E-state index is 0.284. The standard InChI is InChI=1S/C16H19NO2S/c1-12(10-14-7-5-9-20-14)17-11-13-6-3-4-8-15(13)16(18)19-2/h3-9,12,17H,10-11H2,1-2H3. The Hall–Kier alpha value is -1.65. The molecular weight excluding hydrogens is 270 g/mol. The Labute approximate surface area is 123 Å². The second-order valence-electron chi connectivity index (χ2n) is 4.71. The maximum Gasteiger partial charge on any atom is 0.338 e. The summed E-state index contributed by atoms with van der Waals surface area (Å²) in [6, 6.07) is 12.1. The molecule has 0 aliphatic rings. The number of hydrogen-bond acceptors (Lipinski definition) is 4. The molecular formula is C16H19NO2S. The van der Waals surface area contributed by atoms with Crippen molar-refractivity contribution < 1.29 is 9.53 Å². The molecule has 0 spiro atoms. The van der Waals surface area contributed by atoms with Gasteiger partial charge in [-0.05, 0) is 36.4 Å². The second-order valence-corrected chi connectivity index (χ2v) is 5.75. The molecule has 0 aliphatic carbocycles. The predicted octanol–water partition coefficient (Wildman–Crippen LogP) is 3.26. The van der Waals surface area contributed by atoms with Crippen LogP contribution in [-0.2, 0) is 17.7 Å². The Morgan fingerprint density at radius 3 is 2.80 bits per heavy atom. The summed E-state index contributed by atoms with van der Waals surface area (Å²) in [7, 11) is 1.41. The van der Waals surface area contributed by atoms with E-state index in [0.29, 0.717) is 18.2 Å². The highest BCUT2D eigenvalue weighted by atomic mass is 32.1. The quantitative estimate of drug-likeness (QED) is 0.830. The van der Waals surface area contributed by atoms with E-state index in [1.807, 2.05) is 18.2 Å². The van der Waals surface area contributed by atoms with Crippen LogP contribution in [0.15, 0.2) is 41.8 Å². The lowest BCUT2D eigenvalue weighted by Crippen LogP contribution is -2.28. The lowest BCUT2D eigenvalue weighted by molar-refractivity contribution is 0.0599. The van der Waals surface area contributed by atoms with Gasteiger partial charge in [-0.3, -0.25) is 0 Å². The third-order valence-electron chi connectivity index (χ3n) is 3.15. The topological polar surface area (TPSA) is 38.3 Å². The normalized spacial score (nSPS) is 12.1. The first-order chi connectivity index (χ1) is 9.70. The third-order valence-corrected chi connectivity index (χ3v) is 4.05. The van der Waals surface area contributed by atoms with Crippen molar-refractivity contribution in [1.82, 2.24) is 5.32 Å². The van der Waals surface area contributed by atoms with Crippen molar-refractivity contribution in [3.63, 3.8) is 0 Å². The highest BCUT2D eigenvalue weighted by molar-refractivity contribution is 7.09. The number of carbonyl (C=O) groups excluding carboxylic acids is 1. The van der Waals surface area contributed by atoms with E-state index >= 15 is 0 Å². The minimum atomic E-state index is -0.284. The van der Waals surface area contributed by atoms with Gasteiger partial charge in [-0.15, -0.1) is 11.3 Å². The molecule has 2 aromatic rings. The highest BCUT2D eigenvalue weighted by Crippen LogP contribution is 2.13. The number of methoxy groups -OCH3 is 1. The van der Waals surface area contributed by atoms with Crippen LogP contribution in [0.25, 0.3) is 0 Å². The maximum atomic E-state index is 11.7. The predicted molar refractivity (Wildman–Crippen MR) is 82.1 cm³/mol. The van der Waals surface area contributed by atoms with Gasteiger partial charge in [0.1, 0.15) is 0 Å². The first kappa shape index (κ1) is 14.8. The van der Waals surface area contributed by atoms with Crippen molar-refractivity contribution in [2.45, 2.75) is 25.9 Å². The molecule has 0 radical (unpaired) electrons. The molecule has 20 heavy (non-hydrogen) atoms. The smallest absolute Gasteiger partial charge is 0.338 e. The number of nitrogens with one attached hydrogen (secondary N) is 1. The van der Waals surface area contributed by atoms with Crippen molar-refractivity contribution in [1.29, 1.82) is 0 Å². The van der Waals surface area contributed by atoms with E-state index in [-0.39, 0.29) is 5.97 Å². The van der Waals surface area contributed by atoms with Crippen LogP contribution in [0.4, 0.5) is 0 Å². The van der Waals surface area contributed by atoms with E-state index in [1.54, 1.807) is 17.4 Å². The molecule has 1 unspecified atom stereocenters. The van der Waals surface area contributed by atoms with Crippen molar-refractivity contribution in [3.05, 3.63) is 57.8 Å². The Balaban J connectivity index is 1.95. The largest absolute Gasteiger partial charge is 0.465 e. The summed E-state index contributed by atoms with van der Waals surface area (Å²) in [5.74, 6) is -0.284. The summed E-state index contributed by atoms with van der Waals surface area (Å²) >= 11 is 1.77. The van der Waals surface area contributed by atoms with Crippen molar-refractivity contribution in [2.75, 3.05) is 7.11 Å². The monoisotopic (exact) mass is 289 g/mol. The van der Waals surface area contributed by atoms with E-state index in [0.717, 1.165) is 12.0 Å². The summed E-state index contributed by atoms with van der Waals surface area (Å²) < 4.78 is 4.80. The Morgan fingerprint density at radius 1 is 1.30 bits per heavy atom. The van der Waals surface area contributed by atoms with E-state index in [4.69, 9.17) is 4.74 Å². The zero-order valence-corrected chi connectivity index (χ0v) is 12.6. The van der Waals surface area contributed by atoms with E-state index in [2.05, 4.69) is 29.8 Å². The average Bonchev–Trinajstić information content (AvgIpc) is 2.97. The minimum Gasteiger partial charge on any atom is -0.465 e. The van der Waals surface area contributed by atoms with E-state index < -0.39 is 0 Å². The summed E-state index contributed by atoms with van der Waals surface area (Å²) in [5, 5.41) is 5.55. The lowest BCUT2D eigenvalue weighted by atomic mass is 10.1. The Morgan fingerprint density at radius 2 is 2.10 bits per heavy atom. The number of esters is 1. The molecule has 0 aliphatic heterocycles. The van der Waals surface area contributed by atoms with Crippen LogP contribution in [0.1, 0.15) is 27.7 Å². The van der Waals surface area contributed by atoms with Gasteiger partial charge in [0.15, 0.2) is 0 Å². The zero-order chi connectivity index (χ0) is 14.4. The fourth-order valence-electron chi connectivity index (χ4n) is 2.07. The molecule has 3 nitrogen and oxygen atoms in total. The van der Waals surface area contributed by atoms with Gasteiger partial charge >= 0.3 is 5.97 Å². The fourth-order valence-corrected chi connectivity index (χ4v) is 2.91. The number of thiophene rings is 1. The van der Waals surface area contributed by atoms with Crippen molar-refractivity contribution in [2.24, 2.45) is 0 Å². The van der Waals surface area contributed by atoms with Gasteiger partial charge in [-0.25, -0.2) is 4.79 Å². The molecule has 1 atom stereocenters. The molecule has 4 heteroatoms. The average molecular weight is 289 g/mol. The number of carbonyl (C=O) groups is 1. The van der Waals surface area contributed by atoms with Gasteiger partial charge in [-0.2, -0.15) is 0 Å². The molecule has 106 valence electrons. The van der Waals surface area contributed by atoms with Gasteiger partial charge in [0.2, 0.25) is 0 Å². The molecule has 1 N–H and O–H groups in total. The number of ether oxygens (including phenoxy) is 1. The first-order valence-electron chi connectivity index (χ1n) is 6.62. The number of hydrogen-bond donors (Lipinski definition) is 1. The van der Waals surface area contributed by atoms with Crippen LogP contribution in [0.3, 0.4) is 0 Å². The molecule has 0 saturated heterocycles. The molecule has 0 bridgehead atoms. The molecule has 1 aromatic carbocycles. The van der Waals surface area contributed by atoms with Gasteiger partial charge in [0.25, 0.3) is 0 Å². The van der Waals surface area contributed by atoms with Gasteiger partial charge < -0.3 is 10.1 Å². The number of rotatable bonds is 6. The fraction of sp³-hybridized carbons (Fsp3) is 0.312. The highest BCUT2D eigenvalue weighted by Gasteiger charge is 2.11. The van der Waals surface area contributed by atoms with Crippen LogP contribution in [0, 0.1) is 0 Å². The summed E-state index contributed by atoms with van der Waals surface area (Å²) in [6.45, 7) is 2.82. The van der Waals surface area contributed by atoms with Gasteiger partial charge in [-0.1, -0.05) is 24.3 Å². The third kappa shape index (κ3) is 3.92. The maximum absolute atomic E-state index is 11.7. The molecule has 1 aromatic heterocycles. The molecule has 2 rings (SSSR count). The van der Waals surface area contributed by atoms with Crippen LogP contribution in [0.2, 0.25) is 0 Å². The van der Waals surface area contributed by atoms with E-state index in [1.165, 1.54) is 12.0 Å². The number of benzene rings is 1. The van der Waals surface area contributed by atoms with Crippen LogP contribution < -0.4 is 5.32 Å². The van der Waals surface area contributed by atoms with Crippen LogP contribution in [0.5, 0.6) is 0 Å². The Kier molecular flexibility index (Phi) is 5.32. The van der Waals surface area contributed by atoms with Crippen molar-refractivity contribution in [3.8, 4) is 0 Å². The summed E-state index contributed by atoms with van der Waals surface area (Å²) in [6.07, 6.45) is 0.998. The first-order valence-corrected chi connectivity index (χ1v) is 7.50. The summed E-state index contributed by atoms with van der Waals surface area (Å²) in [5.41, 5.74) is 1.60. The molecule has 1 heterocycles. The molecule has 0 fully saturated rings. The zero-order valence-electron chi connectivity index (χ0n) is 11.8. The van der Waals surface area contributed by atoms with Gasteiger partial charge in [0, 0.05) is 17.5 Å². The molecule has 0 amide bonds. The van der Waals surface area contributed by atoms with E-state index in [9.17, 15) is 4.79 Å². The Bertz CT molecular complexity index is 551. The second kappa shape index (κ2) is 7.22.